The van der Waals surface area contributed by atoms with Gasteiger partial charge >= 0.3 is 5.97 Å². The van der Waals surface area contributed by atoms with E-state index >= 15 is 0 Å². The maximum atomic E-state index is 11.7. The van der Waals surface area contributed by atoms with Crippen LogP contribution < -0.4 is 0 Å². The van der Waals surface area contributed by atoms with Gasteiger partial charge in [-0.1, -0.05) is 12.1 Å². The first-order chi connectivity index (χ1) is 8.08. The summed E-state index contributed by atoms with van der Waals surface area (Å²) in [5, 5.41) is 9.61. The molecule has 4 nitrogen and oxygen atoms in total. The summed E-state index contributed by atoms with van der Waals surface area (Å²) in [5.74, 6) is -1.09. The number of carboxylic acids is 1. The monoisotopic (exact) mass is 231 g/mol. The van der Waals surface area contributed by atoms with Crippen molar-refractivity contribution in [1.82, 2.24) is 4.98 Å². The van der Waals surface area contributed by atoms with Crippen molar-refractivity contribution in [2.24, 2.45) is 0 Å². The van der Waals surface area contributed by atoms with Crippen molar-refractivity contribution in [3.05, 3.63) is 35.5 Å². The molecule has 0 saturated carbocycles. The van der Waals surface area contributed by atoms with Gasteiger partial charge in [0.05, 0.1) is 6.42 Å². The van der Waals surface area contributed by atoms with E-state index in [9.17, 15) is 9.59 Å². The molecule has 0 saturated heterocycles. The van der Waals surface area contributed by atoms with Crippen LogP contribution in [0.5, 0.6) is 0 Å². The molecule has 0 aliphatic rings. The van der Waals surface area contributed by atoms with Crippen LogP contribution in [0.1, 0.15) is 28.8 Å². The molecule has 0 unspecified atom stereocenters. The van der Waals surface area contributed by atoms with Crippen LogP contribution in [0.2, 0.25) is 0 Å². The molecule has 0 atom stereocenters. The van der Waals surface area contributed by atoms with Crippen LogP contribution in [-0.4, -0.2) is 21.8 Å². The van der Waals surface area contributed by atoms with Gasteiger partial charge in [-0.05, 0) is 18.6 Å². The quantitative estimate of drug-likeness (QED) is 0.794. The van der Waals surface area contributed by atoms with Gasteiger partial charge in [-0.3, -0.25) is 9.59 Å². The fraction of sp³-hybridized carbons (Fsp3) is 0.231. The summed E-state index contributed by atoms with van der Waals surface area (Å²) in [6.07, 6.45) is 1.80. The largest absolute Gasteiger partial charge is 0.481 e. The Morgan fingerprint density at radius 1 is 1.29 bits per heavy atom. The predicted molar refractivity (Wildman–Crippen MR) is 64.2 cm³/mol. The minimum atomic E-state index is -0.949. The normalized spacial score (nSPS) is 10.6. The van der Waals surface area contributed by atoms with Crippen LogP contribution in [0, 0.1) is 6.92 Å². The minimum Gasteiger partial charge on any atom is -0.481 e. The number of fused-ring (bicyclic) bond motifs is 1. The Labute approximate surface area is 98.3 Å². The van der Waals surface area contributed by atoms with Gasteiger partial charge < -0.3 is 10.1 Å². The summed E-state index contributed by atoms with van der Waals surface area (Å²) in [7, 11) is 0. The number of ketones is 1. The molecular weight excluding hydrogens is 218 g/mol. The number of carbonyl (C=O) groups is 2. The summed E-state index contributed by atoms with van der Waals surface area (Å²) >= 11 is 0. The van der Waals surface area contributed by atoms with E-state index in [1.807, 2.05) is 19.2 Å². The van der Waals surface area contributed by atoms with Crippen LogP contribution in [0.4, 0.5) is 0 Å². The zero-order valence-corrected chi connectivity index (χ0v) is 9.49. The lowest BCUT2D eigenvalue weighted by Gasteiger charge is -2.00. The molecule has 0 fully saturated rings. The van der Waals surface area contributed by atoms with E-state index in [1.165, 1.54) is 0 Å². The zero-order valence-electron chi connectivity index (χ0n) is 9.49. The average Bonchev–Trinajstić information content (AvgIpc) is 2.67. The number of carboxylic acid groups (broad SMARTS) is 1. The van der Waals surface area contributed by atoms with Crippen LogP contribution in [0.25, 0.3) is 10.9 Å². The lowest BCUT2D eigenvalue weighted by Crippen LogP contribution is -2.03. The molecule has 4 heteroatoms. The highest BCUT2D eigenvalue weighted by Gasteiger charge is 2.09. The van der Waals surface area contributed by atoms with Gasteiger partial charge in [0.25, 0.3) is 0 Å². The number of hydrogen-bond donors (Lipinski definition) is 2. The highest BCUT2D eigenvalue weighted by Crippen LogP contribution is 2.19. The smallest absolute Gasteiger partial charge is 0.303 e. The first-order valence-electron chi connectivity index (χ1n) is 5.40. The summed E-state index contributed by atoms with van der Waals surface area (Å²) in [5.41, 5.74) is 2.59. The van der Waals surface area contributed by atoms with Gasteiger partial charge in [-0.2, -0.15) is 0 Å². The number of hydrogen-bond acceptors (Lipinski definition) is 2. The summed E-state index contributed by atoms with van der Waals surface area (Å²) < 4.78 is 0. The van der Waals surface area contributed by atoms with Crippen LogP contribution >= 0.6 is 0 Å². The summed E-state index contributed by atoms with van der Waals surface area (Å²) in [4.78, 5) is 25.2. The van der Waals surface area contributed by atoms with Crippen molar-refractivity contribution < 1.29 is 14.7 Å². The maximum absolute atomic E-state index is 11.7. The first-order valence-corrected chi connectivity index (χ1v) is 5.40. The second-order valence-corrected chi connectivity index (χ2v) is 4.05. The van der Waals surface area contributed by atoms with Gasteiger partial charge in [-0.25, -0.2) is 0 Å². The van der Waals surface area contributed by atoms with Crippen molar-refractivity contribution >= 4 is 22.7 Å². The van der Waals surface area contributed by atoms with E-state index in [2.05, 4.69) is 4.98 Å². The third kappa shape index (κ3) is 2.36. The number of aryl methyl sites for hydroxylation is 1. The Balaban J connectivity index is 2.24. The third-order valence-electron chi connectivity index (χ3n) is 2.78. The van der Waals surface area contributed by atoms with E-state index in [-0.39, 0.29) is 18.6 Å². The molecule has 17 heavy (non-hydrogen) atoms. The minimum absolute atomic E-state index is 0.0422. The van der Waals surface area contributed by atoms with E-state index in [1.54, 1.807) is 12.1 Å². The fourth-order valence-corrected chi connectivity index (χ4v) is 1.81. The Morgan fingerprint density at radius 3 is 2.76 bits per heavy atom. The van der Waals surface area contributed by atoms with E-state index in [4.69, 9.17) is 5.11 Å². The van der Waals surface area contributed by atoms with Gasteiger partial charge in [0.1, 0.15) is 0 Å². The van der Waals surface area contributed by atoms with Crippen molar-refractivity contribution in [2.75, 3.05) is 0 Å². The number of Topliss-reactive ketones (excluding diaryl/α,β-unsaturated/α-hetero) is 1. The zero-order chi connectivity index (χ0) is 12.4. The second kappa shape index (κ2) is 4.41. The summed E-state index contributed by atoms with van der Waals surface area (Å²) in [6.45, 7) is 1.99. The first kappa shape index (κ1) is 11.4. The number of aromatic amines is 1. The molecule has 0 bridgehead atoms. The molecular formula is C13H13NO3. The molecule has 0 aliphatic heterocycles. The number of carbonyl (C=O) groups excluding carboxylic acids is 1. The topological polar surface area (TPSA) is 70.2 Å². The van der Waals surface area contributed by atoms with Crippen molar-refractivity contribution in [2.45, 2.75) is 19.8 Å². The molecule has 1 aromatic heterocycles. The molecule has 0 aliphatic carbocycles. The van der Waals surface area contributed by atoms with Crippen LogP contribution in [-0.2, 0) is 4.79 Å². The third-order valence-corrected chi connectivity index (χ3v) is 2.78. The average molecular weight is 231 g/mol. The molecule has 2 N–H and O–H groups in total. The number of aliphatic carboxylic acids is 1. The van der Waals surface area contributed by atoms with Crippen LogP contribution in [0.3, 0.4) is 0 Å². The molecule has 0 spiro atoms. The Kier molecular flexibility index (Phi) is 2.95. The van der Waals surface area contributed by atoms with E-state index < -0.39 is 5.97 Å². The van der Waals surface area contributed by atoms with E-state index in [0.717, 1.165) is 16.5 Å². The lowest BCUT2D eigenvalue weighted by molar-refractivity contribution is -0.136. The predicted octanol–water partition coefficient (Wildman–Crippen LogP) is 2.52. The number of nitrogens with one attached hydrogen (secondary N) is 1. The maximum Gasteiger partial charge on any atom is 0.303 e. The molecule has 1 heterocycles. The summed E-state index contributed by atoms with van der Waals surface area (Å²) in [6, 6.07) is 5.40. The standard InChI is InChI=1S/C13H13NO3/c1-8-7-14-11-6-9(2-3-10(8)11)12(15)4-5-13(16)17/h2-3,6-7,14H,4-5H2,1H3,(H,16,17). The molecule has 0 radical (unpaired) electrons. The highest BCUT2D eigenvalue weighted by atomic mass is 16.4. The number of aromatic nitrogens is 1. The lowest BCUT2D eigenvalue weighted by atomic mass is 10.0. The van der Waals surface area contributed by atoms with E-state index in [0.29, 0.717) is 5.56 Å². The number of benzene rings is 1. The van der Waals surface area contributed by atoms with Crippen molar-refractivity contribution in [3.63, 3.8) is 0 Å². The van der Waals surface area contributed by atoms with Crippen LogP contribution in [0.15, 0.2) is 24.4 Å². The van der Waals surface area contributed by atoms with Gasteiger partial charge in [0, 0.05) is 29.1 Å². The Hall–Kier alpha value is -2.10. The second-order valence-electron chi connectivity index (χ2n) is 4.05. The van der Waals surface area contributed by atoms with Gasteiger partial charge in [0.2, 0.25) is 0 Å². The Bertz CT molecular complexity index is 583. The number of rotatable bonds is 4. The number of H-pyrrole nitrogens is 1. The highest BCUT2D eigenvalue weighted by molar-refractivity contribution is 6.00. The Morgan fingerprint density at radius 2 is 2.06 bits per heavy atom. The van der Waals surface area contributed by atoms with Crippen molar-refractivity contribution in [3.8, 4) is 0 Å². The molecule has 2 aromatic rings. The molecule has 88 valence electrons. The SMILES string of the molecule is Cc1c[nH]c2cc(C(=O)CCC(=O)O)ccc12. The molecule has 2 rings (SSSR count). The van der Waals surface area contributed by atoms with Gasteiger partial charge in [0.15, 0.2) is 5.78 Å². The fourth-order valence-electron chi connectivity index (χ4n) is 1.81. The van der Waals surface area contributed by atoms with Gasteiger partial charge in [-0.15, -0.1) is 0 Å². The molecule has 0 amide bonds. The molecule has 1 aromatic carbocycles. The van der Waals surface area contributed by atoms with Crippen molar-refractivity contribution in [1.29, 1.82) is 0 Å².